The molecule has 43 heavy (non-hydrogen) atoms. The number of H-pyrrole nitrogens is 1. The lowest BCUT2D eigenvalue weighted by atomic mass is 10.0. The van der Waals surface area contributed by atoms with Crippen molar-refractivity contribution in [2.75, 3.05) is 36.2 Å². The Balaban J connectivity index is 1.43. The summed E-state index contributed by atoms with van der Waals surface area (Å²) < 4.78 is 2.02. The molecule has 0 radical (unpaired) electrons. The van der Waals surface area contributed by atoms with Crippen LogP contribution in [0.4, 0.5) is 17.1 Å². The molecule has 2 aromatic heterocycles. The first kappa shape index (κ1) is 27.5. The molecule has 1 aliphatic rings. The SMILES string of the molecule is C=CC(=O)Nc1cccc2c(-c3nc(C(=O)Nc4ccc(N(C)C)cc4)c4n3CCN(C(=O)c3ccc[nH]3)C4)cccc12. The molecule has 3 N–H and O–H groups in total. The molecule has 216 valence electrons. The molecule has 0 saturated heterocycles. The van der Waals surface area contributed by atoms with Gasteiger partial charge in [0.15, 0.2) is 5.69 Å². The van der Waals surface area contributed by atoms with E-state index in [9.17, 15) is 14.4 Å². The molecular weight excluding hydrogens is 542 g/mol. The first-order valence-electron chi connectivity index (χ1n) is 13.9. The normalized spacial score (nSPS) is 12.5. The average Bonchev–Trinajstić information content (AvgIpc) is 3.69. The highest BCUT2D eigenvalue weighted by Gasteiger charge is 2.31. The zero-order chi connectivity index (χ0) is 30.1. The zero-order valence-electron chi connectivity index (χ0n) is 23.9. The first-order valence-corrected chi connectivity index (χ1v) is 13.9. The van der Waals surface area contributed by atoms with Gasteiger partial charge in [0, 0.05) is 61.4 Å². The van der Waals surface area contributed by atoms with E-state index in [2.05, 4.69) is 22.2 Å². The Morgan fingerprint density at radius 3 is 2.42 bits per heavy atom. The van der Waals surface area contributed by atoms with E-state index in [0.717, 1.165) is 22.0 Å². The number of anilines is 3. The lowest BCUT2D eigenvalue weighted by Gasteiger charge is -2.29. The maximum atomic E-state index is 13.8. The number of amides is 3. The Hall–Kier alpha value is -5.64. The van der Waals surface area contributed by atoms with E-state index in [4.69, 9.17) is 4.98 Å². The van der Waals surface area contributed by atoms with Gasteiger partial charge in [-0.15, -0.1) is 0 Å². The molecule has 0 atom stereocenters. The van der Waals surface area contributed by atoms with Crippen LogP contribution in [0.15, 0.2) is 91.6 Å². The summed E-state index contributed by atoms with van der Waals surface area (Å²) >= 11 is 0. The Kier molecular flexibility index (Phi) is 7.25. The van der Waals surface area contributed by atoms with E-state index in [1.54, 1.807) is 23.2 Å². The van der Waals surface area contributed by atoms with Gasteiger partial charge in [-0.3, -0.25) is 14.4 Å². The second-order valence-corrected chi connectivity index (χ2v) is 10.5. The van der Waals surface area contributed by atoms with Crippen LogP contribution in [0.1, 0.15) is 26.7 Å². The molecule has 0 fully saturated rings. The molecule has 6 rings (SSSR count). The van der Waals surface area contributed by atoms with Gasteiger partial charge in [-0.25, -0.2) is 4.98 Å². The van der Waals surface area contributed by atoms with Gasteiger partial charge in [-0.1, -0.05) is 36.9 Å². The smallest absolute Gasteiger partial charge is 0.276 e. The number of hydrogen-bond acceptors (Lipinski definition) is 5. The van der Waals surface area contributed by atoms with Crippen molar-refractivity contribution in [3.63, 3.8) is 0 Å². The maximum Gasteiger partial charge on any atom is 0.276 e. The Labute approximate surface area is 248 Å². The van der Waals surface area contributed by atoms with Crippen LogP contribution in [-0.2, 0) is 17.9 Å². The topological polar surface area (TPSA) is 115 Å². The van der Waals surface area contributed by atoms with Gasteiger partial charge in [0.25, 0.3) is 11.8 Å². The summed E-state index contributed by atoms with van der Waals surface area (Å²) in [5.41, 5.74) is 4.51. The zero-order valence-corrected chi connectivity index (χ0v) is 23.9. The summed E-state index contributed by atoms with van der Waals surface area (Å²) in [7, 11) is 3.91. The number of aromatic amines is 1. The van der Waals surface area contributed by atoms with E-state index in [0.29, 0.717) is 41.7 Å². The third kappa shape index (κ3) is 5.26. The largest absolute Gasteiger partial charge is 0.378 e. The minimum Gasteiger partial charge on any atom is -0.378 e. The number of fused-ring (bicyclic) bond motifs is 2. The lowest BCUT2D eigenvalue weighted by Crippen LogP contribution is -2.39. The highest BCUT2D eigenvalue weighted by atomic mass is 16.2. The van der Waals surface area contributed by atoms with Crippen LogP contribution in [0.5, 0.6) is 0 Å². The van der Waals surface area contributed by atoms with Crippen LogP contribution in [0.25, 0.3) is 22.2 Å². The molecule has 10 heteroatoms. The molecule has 0 spiro atoms. The van der Waals surface area contributed by atoms with Gasteiger partial charge in [0.05, 0.1) is 12.2 Å². The molecule has 5 aromatic rings. The fraction of sp³-hybridized carbons (Fsp3) is 0.152. The predicted octanol–water partition coefficient (Wildman–Crippen LogP) is 5.13. The van der Waals surface area contributed by atoms with Crippen molar-refractivity contribution in [2.45, 2.75) is 13.1 Å². The van der Waals surface area contributed by atoms with Gasteiger partial charge < -0.3 is 30.0 Å². The molecule has 0 aliphatic carbocycles. The van der Waals surface area contributed by atoms with E-state index >= 15 is 0 Å². The molecular formula is C33H31N7O3. The second-order valence-electron chi connectivity index (χ2n) is 10.5. The van der Waals surface area contributed by atoms with Gasteiger partial charge in [-0.05, 0) is 53.9 Å². The van der Waals surface area contributed by atoms with Crippen LogP contribution in [-0.4, -0.2) is 57.8 Å². The minimum absolute atomic E-state index is 0.141. The number of nitrogens with one attached hydrogen (secondary N) is 3. The number of rotatable bonds is 7. The molecule has 0 bridgehead atoms. The van der Waals surface area contributed by atoms with Crippen molar-refractivity contribution in [3.8, 4) is 11.4 Å². The minimum atomic E-state index is -0.360. The van der Waals surface area contributed by atoms with Crippen molar-refractivity contribution in [1.82, 2.24) is 19.4 Å². The summed E-state index contributed by atoms with van der Waals surface area (Å²) in [6.45, 7) is 4.68. The number of hydrogen-bond donors (Lipinski definition) is 3. The predicted molar refractivity (Wildman–Crippen MR) is 168 cm³/mol. The van der Waals surface area contributed by atoms with E-state index in [1.807, 2.05) is 84.2 Å². The van der Waals surface area contributed by atoms with Crippen molar-refractivity contribution < 1.29 is 14.4 Å². The quantitative estimate of drug-likeness (QED) is 0.234. The number of carbonyl (C=O) groups is 3. The second kappa shape index (κ2) is 11.3. The molecule has 10 nitrogen and oxygen atoms in total. The molecule has 0 unspecified atom stereocenters. The third-order valence-electron chi connectivity index (χ3n) is 7.59. The lowest BCUT2D eigenvalue weighted by molar-refractivity contribution is -0.111. The highest BCUT2D eigenvalue weighted by molar-refractivity contribution is 6.09. The summed E-state index contributed by atoms with van der Waals surface area (Å²) in [5, 5.41) is 7.56. The van der Waals surface area contributed by atoms with Gasteiger partial charge in [-0.2, -0.15) is 0 Å². The average molecular weight is 574 g/mol. The summed E-state index contributed by atoms with van der Waals surface area (Å²) in [6.07, 6.45) is 2.94. The number of carbonyl (C=O) groups excluding carboxylic acids is 3. The molecule has 0 saturated carbocycles. The van der Waals surface area contributed by atoms with Gasteiger partial charge >= 0.3 is 0 Å². The molecule has 3 heterocycles. The van der Waals surface area contributed by atoms with Gasteiger partial charge in [0.2, 0.25) is 5.91 Å². The Morgan fingerprint density at radius 2 is 1.70 bits per heavy atom. The van der Waals surface area contributed by atoms with E-state index < -0.39 is 0 Å². The van der Waals surface area contributed by atoms with Crippen molar-refractivity contribution in [2.24, 2.45) is 0 Å². The number of benzene rings is 3. The van der Waals surface area contributed by atoms with Crippen LogP contribution >= 0.6 is 0 Å². The Bertz CT molecular complexity index is 1850. The number of nitrogens with zero attached hydrogens (tertiary/aromatic N) is 4. The number of aromatic nitrogens is 3. The first-order chi connectivity index (χ1) is 20.8. The van der Waals surface area contributed by atoms with Crippen molar-refractivity contribution in [3.05, 3.63) is 109 Å². The van der Waals surface area contributed by atoms with E-state index in [-0.39, 0.29) is 30.0 Å². The van der Waals surface area contributed by atoms with Crippen LogP contribution < -0.4 is 15.5 Å². The fourth-order valence-corrected chi connectivity index (χ4v) is 5.39. The van der Waals surface area contributed by atoms with Crippen molar-refractivity contribution in [1.29, 1.82) is 0 Å². The Morgan fingerprint density at radius 1 is 0.930 bits per heavy atom. The molecule has 3 amide bonds. The van der Waals surface area contributed by atoms with Crippen LogP contribution in [0.3, 0.4) is 0 Å². The van der Waals surface area contributed by atoms with Gasteiger partial charge in [0.1, 0.15) is 11.5 Å². The summed E-state index contributed by atoms with van der Waals surface area (Å²) in [6, 6.07) is 22.5. The fourth-order valence-electron chi connectivity index (χ4n) is 5.39. The summed E-state index contributed by atoms with van der Waals surface area (Å²) in [5.74, 6) is -0.188. The maximum absolute atomic E-state index is 13.8. The molecule has 1 aliphatic heterocycles. The van der Waals surface area contributed by atoms with E-state index in [1.165, 1.54) is 6.08 Å². The highest BCUT2D eigenvalue weighted by Crippen LogP contribution is 2.35. The van der Waals surface area contributed by atoms with Crippen molar-refractivity contribution >= 4 is 45.6 Å². The molecule has 3 aromatic carbocycles. The standard InChI is InChI=1S/C33H31N7O3/c1-4-29(41)36-26-11-6-8-23-24(26)9-5-10-25(23)31-37-30(32(42)35-21-13-15-22(16-14-21)38(2)3)28-20-39(18-19-40(28)31)33(43)27-12-7-17-34-27/h4-17,34H,1,18-20H2,2-3H3,(H,35,42)(H,36,41). The number of imidazole rings is 1. The van der Waals surface area contributed by atoms with Crippen LogP contribution in [0, 0.1) is 0 Å². The monoisotopic (exact) mass is 573 g/mol. The van der Waals surface area contributed by atoms with Crippen LogP contribution in [0.2, 0.25) is 0 Å². The third-order valence-corrected chi connectivity index (χ3v) is 7.59. The summed E-state index contributed by atoms with van der Waals surface area (Å²) in [4.78, 5) is 50.7.